The van der Waals surface area contributed by atoms with Crippen molar-refractivity contribution in [3.63, 3.8) is 0 Å². The fourth-order valence-electron chi connectivity index (χ4n) is 1.16. The molecule has 1 nitrogen and oxygen atoms in total. The summed E-state index contributed by atoms with van der Waals surface area (Å²) in [5.41, 5.74) is 7.20. The van der Waals surface area contributed by atoms with Crippen LogP contribution in [0.5, 0.6) is 0 Å². The van der Waals surface area contributed by atoms with Gasteiger partial charge in [0.15, 0.2) is 0 Å². The fourth-order valence-corrected chi connectivity index (χ4v) is 1.82. The van der Waals surface area contributed by atoms with E-state index in [1.807, 2.05) is 25.1 Å². The summed E-state index contributed by atoms with van der Waals surface area (Å²) in [7, 11) is 0. The highest BCUT2D eigenvalue weighted by Gasteiger charge is 2.16. The van der Waals surface area contributed by atoms with E-state index in [1.165, 1.54) is 0 Å². The smallest absolute Gasteiger partial charge is 0.253 e. The van der Waals surface area contributed by atoms with Crippen molar-refractivity contribution in [3.05, 3.63) is 33.8 Å². The minimum Gasteiger partial charge on any atom is -0.323 e. The summed E-state index contributed by atoms with van der Waals surface area (Å²) in [4.78, 5) is 0. The summed E-state index contributed by atoms with van der Waals surface area (Å²) < 4.78 is 25.2. The van der Waals surface area contributed by atoms with Crippen LogP contribution in [0.3, 0.4) is 0 Å². The van der Waals surface area contributed by atoms with Gasteiger partial charge in [-0.1, -0.05) is 28.1 Å². The monoisotopic (exact) mass is 263 g/mol. The molecule has 2 N–H and O–H groups in total. The van der Waals surface area contributed by atoms with Crippen LogP contribution in [0.25, 0.3) is 0 Å². The molecule has 0 radical (unpaired) electrons. The van der Waals surface area contributed by atoms with Gasteiger partial charge >= 0.3 is 0 Å². The molecule has 0 bridgehead atoms. The van der Waals surface area contributed by atoms with Crippen molar-refractivity contribution in [2.24, 2.45) is 5.73 Å². The first kappa shape index (κ1) is 11.6. The molecule has 0 heterocycles. The molecule has 0 amide bonds. The Morgan fingerprint density at radius 3 is 2.57 bits per heavy atom. The lowest BCUT2D eigenvalue weighted by Gasteiger charge is -2.11. The number of nitrogens with two attached hydrogens (primary N) is 1. The van der Waals surface area contributed by atoms with E-state index in [4.69, 9.17) is 5.73 Å². The van der Waals surface area contributed by atoms with Crippen molar-refractivity contribution < 1.29 is 8.78 Å². The van der Waals surface area contributed by atoms with Crippen LogP contribution >= 0.6 is 15.9 Å². The topological polar surface area (TPSA) is 26.0 Å². The number of halogens is 3. The summed E-state index contributed by atoms with van der Waals surface area (Å²) >= 11 is 3.32. The minimum atomic E-state index is -2.47. The summed E-state index contributed by atoms with van der Waals surface area (Å²) in [5, 5.41) is 0. The lowest BCUT2D eigenvalue weighted by molar-refractivity contribution is 0.116. The average molecular weight is 264 g/mol. The molecule has 0 aliphatic carbocycles. The average Bonchev–Trinajstić information content (AvgIpc) is 2.09. The maximum Gasteiger partial charge on any atom is 0.253 e. The van der Waals surface area contributed by atoms with Crippen molar-refractivity contribution in [2.75, 3.05) is 0 Å². The molecule has 1 aromatic rings. The molecule has 14 heavy (non-hydrogen) atoms. The number of rotatable bonds is 3. The maximum absolute atomic E-state index is 12.2. The Hall–Kier alpha value is -0.480. The molecule has 0 aromatic heterocycles. The van der Waals surface area contributed by atoms with E-state index in [9.17, 15) is 8.78 Å². The molecule has 0 saturated carbocycles. The van der Waals surface area contributed by atoms with Crippen molar-refractivity contribution in [2.45, 2.75) is 25.8 Å². The Balaban J connectivity index is 2.77. The largest absolute Gasteiger partial charge is 0.323 e. The molecule has 0 aliphatic rings. The standard InChI is InChI=1S/C10H12BrF2N/c1-6-2-3-7(8(11)4-6)5-9(14)10(12)13/h2-4,9-10H,5,14H2,1H3. The van der Waals surface area contributed by atoms with Gasteiger partial charge in [-0.25, -0.2) is 8.78 Å². The number of hydrogen-bond acceptors (Lipinski definition) is 1. The lowest BCUT2D eigenvalue weighted by atomic mass is 10.1. The van der Waals surface area contributed by atoms with Gasteiger partial charge < -0.3 is 5.73 Å². The van der Waals surface area contributed by atoms with Gasteiger partial charge in [0, 0.05) is 4.47 Å². The van der Waals surface area contributed by atoms with Crippen molar-refractivity contribution >= 4 is 15.9 Å². The van der Waals surface area contributed by atoms with E-state index in [0.29, 0.717) is 0 Å². The van der Waals surface area contributed by atoms with Crippen LogP contribution in [0.2, 0.25) is 0 Å². The second kappa shape index (κ2) is 4.84. The zero-order chi connectivity index (χ0) is 10.7. The number of alkyl halides is 2. The first-order valence-corrected chi connectivity index (χ1v) is 5.08. The molecule has 0 spiro atoms. The zero-order valence-corrected chi connectivity index (χ0v) is 9.39. The lowest BCUT2D eigenvalue weighted by Crippen LogP contribution is -2.31. The molecule has 0 fully saturated rings. The van der Waals surface area contributed by atoms with Gasteiger partial charge in [-0.2, -0.15) is 0 Å². The van der Waals surface area contributed by atoms with Gasteiger partial charge in [0.1, 0.15) is 0 Å². The van der Waals surface area contributed by atoms with Gasteiger partial charge in [-0.05, 0) is 30.5 Å². The third kappa shape index (κ3) is 3.03. The van der Waals surface area contributed by atoms with Crippen LogP contribution in [0, 0.1) is 6.92 Å². The van der Waals surface area contributed by atoms with Gasteiger partial charge in [-0.3, -0.25) is 0 Å². The van der Waals surface area contributed by atoms with E-state index in [2.05, 4.69) is 15.9 Å². The Kier molecular flexibility index (Phi) is 4.01. The maximum atomic E-state index is 12.2. The van der Waals surface area contributed by atoms with E-state index >= 15 is 0 Å². The van der Waals surface area contributed by atoms with Crippen LogP contribution < -0.4 is 5.73 Å². The third-order valence-electron chi connectivity index (χ3n) is 1.99. The number of aryl methyl sites for hydroxylation is 1. The van der Waals surface area contributed by atoms with Crippen LogP contribution in [0.15, 0.2) is 22.7 Å². The van der Waals surface area contributed by atoms with E-state index < -0.39 is 12.5 Å². The quantitative estimate of drug-likeness (QED) is 0.892. The van der Waals surface area contributed by atoms with Gasteiger partial charge in [-0.15, -0.1) is 0 Å². The Morgan fingerprint density at radius 2 is 2.07 bits per heavy atom. The molecule has 4 heteroatoms. The molecule has 1 unspecified atom stereocenters. The minimum absolute atomic E-state index is 0.193. The molecular weight excluding hydrogens is 252 g/mol. The summed E-state index contributed by atoms with van der Waals surface area (Å²) in [6, 6.07) is 4.52. The van der Waals surface area contributed by atoms with E-state index in [0.717, 1.165) is 15.6 Å². The zero-order valence-electron chi connectivity index (χ0n) is 7.81. The van der Waals surface area contributed by atoms with E-state index in [-0.39, 0.29) is 6.42 Å². The van der Waals surface area contributed by atoms with Gasteiger partial charge in [0.2, 0.25) is 0 Å². The van der Waals surface area contributed by atoms with Crippen LogP contribution in [0.1, 0.15) is 11.1 Å². The molecule has 1 atom stereocenters. The molecule has 0 aliphatic heterocycles. The van der Waals surface area contributed by atoms with Gasteiger partial charge in [0.25, 0.3) is 6.43 Å². The Labute approximate surface area is 90.4 Å². The van der Waals surface area contributed by atoms with Crippen molar-refractivity contribution in [3.8, 4) is 0 Å². The van der Waals surface area contributed by atoms with Crippen LogP contribution in [-0.4, -0.2) is 12.5 Å². The highest BCUT2D eigenvalue weighted by molar-refractivity contribution is 9.10. The Bertz CT molecular complexity index is 315. The normalized spacial score (nSPS) is 13.3. The second-order valence-corrected chi connectivity index (χ2v) is 4.15. The molecule has 0 saturated heterocycles. The summed E-state index contributed by atoms with van der Waals surface area (Å²) in [6.45, 7) is 1.95. The van der Waals surface area contributed by atoms with E-state index in [1.54, 1.807) is 0 Å². The van der Waals surface area contributed by atoms with Crippen molar-refractivity contribution in [1.82, 2.24) is 0 Å². The highest BCUT2D eigenvalue weighted by atomic mass is 79.9. The molecule has 1 aromatic carbocycles. The summed E-state index contributed by atoms with van der Waals surface area (Å²) in [5.74, 6) is 0. The Morgan fingerprint density at radius 1 is 1.43 bits per heavy atom. The molecule has 1 rings (SSSR count). The first-order valence-electron chi connectivity index (χ1n) is 4.29. The van der Waals surface area contributed by atoms with Crippen LogP contribution in [-0.2, 0) is 6.42 Å². The molecular formula is C10H12BrF2N. The third-order valence-corrected chi connectivity index (χ3v) is 2.73. The van der Waals surface area contributed by atoms with Crippen molar-refractivity contribution in [1.29, 1.82) is 0 Å². The second-order valence-electron chi connectivity index (χ2n) is 3.30. The number of benzene rings is 1. The molecule has 78 valence electrons. The van der Waals surface area contributed by atoms with Gasteiger partial charge in [0.05, 0.1) is 6.04 Å². The predicted octanol–water partition coefficient (Wildman–Crippen LogP) is 2.89. The number of hydrogen-bond donors (Lipinski definition) is 1. The highest BCUT2D eigenvalue weighted by Crippen LogP contribution is 2.20. The predicted molar refractivity (Wildman–Crippen MR) is 56.6 cm³/mol. The summed E-state index contributed by atoms with van der Waals surface area (Å²) in [6.07, 6.45) is -2.28. The van der Waals surface area contributed by atoms with Crippen LogP contribution in [0.4, 0.5) is 8.78 Å². The first-order chi connectivity index (χ1) is 6.50. The SMILES string of the molecule is Cc1ccc(CC(N)C(F)F)c(Br)c1. The fraction of sp³-hybridized carbons (Fsp3) is 0.400.